The minimum atomic E-state index is -0.564. The van der Waals surface area contributed by atoms with Gasteiger partial charge in [0.2, 0.25) is 5.91 Å². The number of anilines is 1. The van der Waals surface area contributed by atoms with Crippen LogP contribution in [-0.2, 0) is 9.53 Å². The van der Waals surface area contributed by atoms with Gasteiger partial charge in [-0.1, -0.05) is 27.5 Å². The summed E-state index contributed by atoms with van der Waals surface area (Å²) in [6, 6.07) is 3.56. The van der Waals surface area contributed by atoms with E-state index < -0.39 is 6.09 Å². The van der Waals surface area contributed by atoms with E-state index >= 15 is 0 Å². The predicted octanol–water partition coefficient (Wildman–Crippen LogP) is 3.10. The minimum absolute atomic E-state index is 0.140. The smallest absolute Gasteiger partial charge is 0.406 e. The van der Waals surface area contributed by atoms with Crippen LogP contribution in [0.4, 0.5) is 10.5 Å². The van der Waals surface area contributed by atoms with Crippen LogP contribution in [0.2, 0.25) is 5.02 Å². The summed E-state index contributed by atoms with van der Waals surface area (Å²) in [7, 11) is 1.26. The summed E-state index contributed by atoms with van der Waals surface area (Å²) < 4.78 is 5.24. The summed E-state index contributed by atoms with van der Waals surface area (Å²) in [6.07, 6.45) is -0.424. The van der Waals surface area contributed by atoms with Crippen LogP contribution in [0.15, 0.2) is 16.6 Å². The van der Waals surface area contributed by atoms with E-state index in [0.29, 0.717) is 10.7 Å². The zero-order chi connectivity index (χ0) is 14.4. The van der Waals surface area contributed by atoms with E-state index in [9.17, 15) is 9.59 Å². The molecule has 0 saturated carbocycles. The fourth-order valence-corrected chi connectivity index (χ4v) is 2.43. The van der Waals surface area contributed by atoms with Gasteiger partial charge in [-0.25, -0.2) is 4.79 Å². The molecule has 0 aliphatic rings. The van der Waals surface area contributed by atoms with Gasteiger partial charge in [0.1, 0.15) is 0 Å². The van der Waals surface area contributed by atoms with E-state index in [-0.39, 0.29) is 18.9 Å². The second kappa shape index (κ2) is 7.35. The first kappa shape index (κ1) is 15.8. The third-order valence-electron chi connectivity index (χ3n) is 2.32. The molecule has 0 aliphatic heterocycles. The van der Waals surface area contributed by atoms with Gasteiger partial charge in [-0.3, -0.25) is 4.79 Å². The van der Waals surface area contributed by atoms with Crippen molar-refractivity contribution < 1.29 is 14.3 Å². The molecule has 0 bridgehead atoms. The van der Waals surface area contributed by atoms with Crippen LogP contribution in [0, 0.1) is 6.92 Å². The molecule has 0 aliphatic carbocycles. The van der Waals surface area contributed by atoms with Gasteiger partial charge in [0, 0.05) is 17.4 Å². The highest BCUT2D eigenvalue weighted by atomic mass is 79.9. The molecule has 0 aromatic heterocycles. The van der Waals surface area contributed by atoms with Crippen molar-refractivity contribution in [2.75, 3.05) is 19.0 Å². The maximum absolute atomic E-state index is 11.7. The van der Waals surface area contributed by atoms with Gasteiger partial charge in [-0.2, -0.15) is 0 Å². The molecule has 2 amide bonds. The lowest BCUT2D eigenvalue weighted by atomic mass is 10.2. The predicted molar refractivity (Wildman–Crippen MR) is 77.5 cm³/mol. The molecule has 0 spiro atoms. The molecule has 1 aromatic carbocycles. The van der Waals surface area contributed by atoms with Crippen molar-refractivity contribution in [3.63, 3.8) is 0 Å². The van der Waals surface area contributed by atoms with E-state index in [1.807, 2.05) is 13.0 Å². The van der Waals surface area contributed by atoms with Gasteiger partial charge in [0.05, 0.1) is 17.8 Å². The minimum Gasteiger partial charge on any atom is -0.453 e. The molecule has 104 valence electrons. The van der Waals surface area contributed by atoms with Crippen molar-refractivity contribution in [3.8, 4) is 0 Å². The first-order valence-electron chi connectivity index (χ1n) is 5.51. The maximum Gasteiger partial charge on any atom is 0.406 e. The lowest BCUT2D eigenvalue weighted by molar-refractivity contribution is -0.116. The van der Waals surface area contributed by atoms with Crippen molar-refractivity contribution in [3.05, 3.63) is 27.2 Å². The van der Waals surface area contributed by atoms with E-state index in [0.717, 1.165) is 10.0 Å². The number of rotatable bonds is 4. The fraction of sp³-hybridized carbons (Fsp3) is 0.333. The highest BCUT2D eigenvalue weighted by Gasteiger charge is 2.10. The Balaban J connectivity index is 2.56. The van der Waals surface area contributed by atoms with E-state index in [1.165, 1.54) is 7.11 Å². The number of hydrogen-bond donors (Lipinski definition) is 2. The highest BCUT2D eigenvalue weighted by molar-refractivity contribution is 9.10. The number of ether oxygens (including phenoxy) is 1. The molecule has 0 fully saturated rings. The Labute approximate surface area is 124 Å². The highest BCUT2D eigenvalue weighted by Crippen LogP contribution is 2.29. The van der Waals surface area contributed by atoms with E-state index in [2.05, 4.69) is 31.3 Å². The number of alkyl carbamates (subject to hydrolysis) is 1. The summed E-state index contributed by atoms with van der Waals surface area (Å²) >= 11 is 9.37. The molecule has 1 aromatic rings. The molecule has 0 atom stereocenters. The lowest BCUT2D eigenvalue weighted by Crippen LogP contribution is -2.27. The van der Waals surface area contributed by atoms with Crippen LogP contribution < -0.4 is 10.6 Å². The fourth-order valence-electron chi connectivity index (χ4n) is 1.41. The van der Waals surface area contributed by atoms with Crippen LogP contribution in [-0.4, -0.2) is 25.7 Å². The molecule has 0 heterocycles. The average Bonchev–Trinajstić information content (AvgIpc) is 2.33. The first-order chi connectivity index (χ1) is 8.93. The van der Waals surface area contributed by atoms with Crippen molar-refractivity contribution in [1.29, 1.82) is 0 Å². The Hall–Kier alpha value is -1.27. The zero-order valence-corrected chi connectivity index (χ0v) is 12.9. The van der Waals surface area contributed by atoms with E-state index in [4.69, 9.17) is 11.6 Å². The largest absolute Gasteiger partial charge is 0.453 e. The molecule has 1 rings (SSSR count). The molecule has 5 nitrogen and oxygen atoms in total. The molecule has 2 N–H and O–H groups in total. The molecular weight excluding hydrogens is 336 g/mol. The molecule has 0 saturated heterocycles. The van der Waals surface area contributed by atoms with Gasteiger partial charge in [-0.05, 0) is 24.6 Å². The van der Waals surface area contributed by atoms with Crippen LogP contribution in [0.5, 0.6) is 0 Å². The van der Waals surface area contributed by atoms with Crippen molar-refractivity contribution >= 4 is 45.2 Å². The Bertz CT molecular complexity index is 471. The van der Waals surface area contributed by atoms with Crippen molar-refractivity contribution in [1.82, 2.24) is 5.32 Å². The van der Waals surface area contributed by atoms with Gasteiger partial charge < -0.3 is 15.4 Å². The topological polar surface area (TPSA) is 67.4 Å². The number of aryl methyl sites for hydroxylation is 1. The number of halogens is 2. The van der Waals surface area contributed by atoms with E-state index in [1.54, 1.807) is 6.07 Å². The monoisotopic (exact) mass is 348 g/mol. The van der Waals surface area contributed by atoms with Crippen LogP contribution in [0.3, 0.4) is 0 Å². The molecule has 19 heavy (non-hydrogen) atoms. The number of carbonyl (C=O) groups excluding carboxylic acids is 2. The SMILES string of the molecule is COC(=O)NCCC(=O)Nc1c(C)cc(Br)cc1Cl. The lowest BCUT2D eigenvalue weighted by Gasteiger charge is -2.11. The number of nitrogens with one attached hydrogen (secondary N) is 2. The second-order valence-electron chi connectivity index (χ2n) is 3.80. The Morgan fingerprint density at radius 1 is 1.42 bits per heavy atom. The summed E-state index contributed by atoms with van der Waals surface area (Å²) in [5, 5.41) is 5.60. The Kier molecular flexibility index (Phi) is 6.11. The number of amides is 2. The zero-order valence-electron chi connectivity index (χ0n) is 10.5. The average molecular weight is 350 g/mol. The molecule has 7 heteroatoms. The molecular formula is C12H14BrClN2O3. The number of methoxy groups -OCH3 is 1. The first-order valence-corrected chi connectivity index (χ1v) is 6.68. The van der Waals surface area contributed by atoms with Gasteiger partial charge in [-0.15, -0.1) is 0 Å². The Morgan fingerprint density at radius 3 is 2.68 bits per heavy atom. The maximum atomic E-state index is 11.7. The van der Waals surface area contributed by atoms with Crippen LogP contribution in [0.1, 0.15) is 12.0 Å². The van der Waals surface area contributed by atoms with Crippen molar-refractivity contribution in [2.45, 2.75) is 13.3 Å². The van der Waals surface area contributed by atoms with Crippen molar-refractivity contribution in [2.24, 2.45) is 0 Å². The van der Waals surface area contributed by atoms with Gasteiger partial charge in [0.25, 0.3) is 0 Å². The molecule has 0 unspecified atom stereocenters. The summed E-state index contributed by atoms with van der Waals surface area (Å²) in [6.45, 7) is 2.05. The number of carbonyl (C=O) groups is 2. The molecule has 0 radical (unpaired) electrons. The number of benzene rings is 1. The normalized spacial score (nSPS) is 9.89. The third kappa shape index (κ3) is 5.08. The summed E-state index contributed by atoms with van der Waals surface area (Å²) in [4.78, 5) is 22.5. The summed E-state index contributed by atoms with van der Waals surface area (Å²) in [5.41, 5.74) is 1.43. The third-order valence-corrected chi connectivity index (χ3v) is 3.08. The number of hydrogen-bond acceptors (Lipinski definition) is 3. The second-order valence-corrected chi connectivity index (χ2v) is 5.12. The van der Waals surface area contributed by atoms with Crippen LogP contribution >= 0.6 is 27.5 Å². The summed E-state index contributed by atoms with van der Waals surface area (Å²) in [5.74, 6) is -0.233. The van der Waals surface area contributed by atoms with Gasteiger partial charge >= 0.3 is 6.09 Å². The van der Waals surface area contributed by atoms with Crippen LogP contribution in [0.25, 0.3) is 0 Å². The van der Waals surface area contributed by atoms with Gasteiger partial charge in [0.15, 0.2) is 0 Å². The quantitative estimate of drug-likeness (QED) is 0.878. The Morgan fingerprint density at radius 2 is 2.11 bits per heavy atom. The standard InChI is InChI=1S/C12H14BrClN2O3/c1-7-5-8(13)6-9(14)11(7)16-10(17)3-4-15-12(18)19-2/h5-6H,3-4H2,1-2H3,(H,15,18)(H,16,17).